The molecule has 8 heteroatoms. The Morgan fingerprint density at radius 1 is 1.36 bits per heavy atom. The van der Waals surface area contributed by atoms with E-state index in [1.54, 1.807) is 12.0 Å². The summed E-state index contributed by atoms with van der Waals surface area (Å²) >= 11 is 0. The van der Waals surface area contributed by atoms with Gasteiger partial charge in [0, 0.05) is 58.6 Å². The topological polar surface area (TPSA) is 87.7 Å². The summed E-state index contributed by atoms with van der Waals surface area (Å²) in [4.78, 5) is 37.7. The fraction of sp³-hybridized carbons (Fsp3) is 0.700. The zero-order valence-electron chi connectivity index (χ0n) is 17.1. The summed E-state index contributed by atoms with van der Waals surface area (Å²) in [5.74, 6) is 1.80. The quantitative estimate of drug-likeness (QED) is 0.727. The number of nitrogens with zero attached hydrogens (tertiary/aromatic N) is 4. The van der Waals surface area contributed by atoms with Gasteiger partial charge in [-0.3, -0.25) is 9.59 Å². The van der Waals surface area contributed by atoms with Crippen molar-refractivity contribution < 1.29 is 14.3 Å². The first kappa shape index (κ1) is 20.5. The zero-order valence-corrected chi connectivity index (χ0v) is 17.1. The Morgan fingerprint density at radius 3 is 2.79 bits per heavy atom. The van der Waals surface area contributed by atoms with Gasteiger partial charge < -0.3 is 19.9 Å². The molecule has 1 atom stereocenters. The van der Waals surface area contributed by atoms with Gasteiger partial charge in [-0.1, -0.05) is 12.8 Å². The second kappa shape index (κ2) is 9.32. The first-order valence-electron chi connectivity index (χ1n) is 10.1. The molecule has 2 heterocycles. The summed E-state index contributed by atoms with van der Waals surface area (Å²) in [6.45, 7) is 2.15. The number of anilines is 1. The normalized spacial score (nSPS) is 20.0. The number of likely N-dealkylation sites (tertiary alicyclic amines) is 1. The van der Waals surface area contributed by atoms with E-state index in [4.69, 9.17) is 9.72 Å². The molecule has 1 saturated carbocycles. The number of hydrogen-bond acceptors (Lipinski definition) is 6. The van der Waals surface area contributed by atoms with Crippen LogP contribution >= 0.6 is 0 Å². The molecule has 1 aliphatic carbocycles. The number of amides is 2. The van der Waals surface area contributed by atoms with Gasteiger partial charge in [0.2, 0.25) is 11.8 Å². The smallest absolute Gasteiger partial charge is 0.225 e. The standard InChI is InChI=1S/C20H31N5O3/c1-21-17-11-16(15-10-19(26)25(12-15)8-9-28-3)22-18(23-17)13-24(2)20(27)14-6-4-5-7-14/h11,14-15H,4-10,12-13H2,1-3H3,(H,21,22,23). The van der Waals surface area contributed by atoms with Crippen LogP contribution in [0.15, 0.2) is 6.07 Å². The Hall–Kier alpha value is -2.22. The highest BCUT2D eigenvalue weighted by atomic mass is 16.5. The van der Waals surface area contributed by atoms with Gasteiger partial charge in [-0.05, 0) is 12.8 Å². The van der Waals surface area contributed by atoms with Gasteiger partial charge in [-0.15, -0.1) is 0 Å². The fourth-order valence-corrected chi connectivity index (χ4v) is 4.09. The number of carbonyl (C=O) groups is 2. The molecule has 28 heavy (non-hydrogen) atoms. The van der Waals surface area contributed by atoms with Crippen LogP contribution in [0.25, 0.3) is 0 Å². The third-order valence-corrected chi connectivity index (χ3v) is 5.71. The molecule has 1 N–H and O–H groups in total. The number of ether oxygens (including phenoxy) is 1. The molecule has 2 amide bonds. The molecule has 0 bridgehead atoms. The third-order valence-electron chi connectivity index (χ3n) is 5.71. The number of rotatable bonds is 8. The summed E-state index contributed by atoms with van der Waals surface area (Å²) in [6.07, 6.45) is 4.67. The summed E-state index contributed by atoms with van der Waals surface area (Å²) in [5, 5.41) is 3.07. The van der Waals surface area contributed by atoms with Crippen molar-refractivity contribution in [3.63, 3.8) is 0 Å². The molecular weight excluding hydrogens is 358 g/mol. The first-order chi connectivity index (χ1) is 13.5. The van der Waals surface area contributed by atoms with Crippen molar-refractivity contribution in [2.75, 3.05) is 46.2 Å². The lowest BCUT2D eigenvalue weighted by Crippen LogP contribution is -2.32. The van der Waals surface area contributed by atoms with Gasteiger partial charge in [-0.25, -0.2) is 9.97 Å². The van der Waals surface area contributed by atoms with Gasteiger partial charge in [0.15, 0.2) is 0 Å². The second-order valence-electron chi connectivity index (χ2n) is 7.75. The summed E-state index contributed by atoms with van der Waals surface area (Å²) in [6, 6.07) is 1.90. The number of methoxy groups -OCH3 is 1. The van der Waals surface area contributed by atoms with E-state index in [1.807, 2.05) is 25.1 Å². The molecule has 1 saturated heterocycles. The van der Waals surface area contributed by atoms with Crippen molar-refractivity contribution in [1.29, 1.82) is 0 Å². The minimum Gasteiger partial charge on any atom is -0.383 e. The highest BCUT2D eigenvalue weighted by molar-refractivity contribution is 5.80. The van der Waals surface area contributed by atoms with Gasteiger partial charge in [-0.2, -0.15) is 0 Å². The lowest BCUT2D eigenvalue weighted by molar-refractivity contribution is -0.134. The molecule has 1 unspecified atom stereocenters. The SMILES string of the molecule is CNc1cc(C2CC(=O)N(CCOC)C2)nc(CN(C)C(=O)C2CCCC2)n1. The van der Waals surface area contributed by atoms with E-state index in [2.05, 4.69) is 10.3 Å². The lowest BCUT2D eigenvalue weighted by atomic mass is 10.0. The van der Waals surface area contributed by atoms with Gasteiger partial charge in [0.25, 0.3) is 0 Å². The van der Waals surface area contributed by atoms with Crippen LogP contribution < -0.4 is 5.32 Å². The van der Waals surface area contributed by atoms with Crippen LogP contribution in [-0.4, -0.2) is 72.5 Å². The second-order valence-corrected chi connectivity index (χ2v) is 7.75. The highest BCUT2D eigenvalue weighted by Crippen LogP contribution is 2.29. The maximum absolute atomic E-state index is 12.6. The lowest BCUT2D eigenvalue weighted by Gasteiger charge is -2.21. The molecule has 1 aromatic rings. The molecule has 3 rings (SSSR count). The van der Waals surface area contributed by atoms with Crippen molar-refractivity contribution in [3.8, 4) is 0 Å². The van der Waals surface area contributed by atoms with E-state index < -0.39 is 0 Å². The van der Waals surface area contributed by atoms with Crippen LogP contribution in [0.1, 0.15) is 49.5 Å². The van der Waals surface area contributed by atoms with E-state index in [-0.39, 0.29) is 23.7 Å². The first-order valence-corrected chi connectivity index (χ1v) is 10.1. The van der Waals surface area contributed by atoms with Crippen molar-refractivity contribution in [1.82, 2.24) is 19.8 Å². The Morgan fingerprint density at radius 2 is 2.11 bits per heavy atom. The molecular formula is C20H31N5O3. The Kier molecular flexibility index (Phi) is 6.83. The van der Waals surface area contributed by atoms with E-state index in [9.17, 15) is 9.59 Å². The average molecular weight is 390 g/mol. The molecule has 2 aliphatic rings. The Balaban J connectivity index is 1.71. The van der Waals surface area contributed by atoms with Crippen LogP contribution in [-0.2, 0) is 20.9 Å². The van der Waals surface area contributed by atoms with E-state index >= 15 is 0 Å². The Labute approximate surface area is 166 Å². The third kappa shape index (κ3) is 4.79. The average Bonchev–Trinajstić information content (AvgIpc) is 3.35. The van der Waals surface area contributed by atoms with E-state index in [0.717, 1.165) is 31.4 Å². The van der Waals surface area contributed by atoms with E-state index in [1.165, 1.54) is 0 Å². The largest absolute Gasteiger partial charge is 0.383 e. The van der Waals surface area contributed by atoms with Crippen molar-refractivity contribution >= 4 is 17.6 Å². The number of carbonyl (C=O) groups excluding carboxylic acids is 2. The molecule has 1 aliphatic heterocycles. The van der Waals surface area contributed by atoms with Gasteiger partial charge in [0.1, 0.15) is 11.6 Å². The van der Waals surface area contributed by atoms with Crippen molar-refractivity contribution in [2.45, 2.75) is 44.6 Å². The summed E-state index contributed by atoms with van der Waals surface area (Å²) < 4.78 is 5.09. The van der Waals surface area contributed by atoms with Gasteiger partial charge >= 0.3 is 0 Å². The predicted octanol–water partition coefficient (Wildman–Crippen LogP) is 1.63. The van der Waals surface area contributed by atoms with Crippen molar-refractivity contribution in [2.24, 2.45) is 5.92 Å². The van der Waals surface area contributed by atoms with Crippen LogP contribution in [0, 0.1) is 5.92 Å². The molecule has 8 nitrogen and oxygen atoms in total. The molecule has 0 spiro atoms. The molecule has 2 fully saturated rings. The van der Waals surface area contributed by atoms with Gasteiger partial charge in [0.05, 0.1) is 18.8 Å². The minimum absolute atomic E-state index is 0.0362. The molecule has 0 radical (unpaired) electrons. The summed E-state index contributed by atoms with van der Waals surface area (Å²) in [5.41, 5.74) is 0.851. The monoisotopic (exact) mass is 389 g/mol. The number of nitrogens with one attached hydrogen (secondary N) is 1. The molecule has 154 valence electrons. The fourth-order valence-electron chi connectivity index (χ4n) is 4.09. The molecule has 1 aromatic heterocycles. The van der Waals surface area contributed by atoms with Crippen LogP contribution in [0.4, 0.5) is 5.82 Å². The van der Waals surface area contributed by atoms with Crippen LogP contribution in [0.3, 0.4) is 0 Å². The maximum atomic E-state index is 12.6. The zero-order chi connectivity index (χ0) is 20.1. The minimum atomic E-state index is 0.0362. The van der Waals surface area contributed by atoms with Crippen LogP contribution in [0.2, 0.25) is 0 Å². The number of hydrogen-bond donors (Lipinski definition) is 1. The molecule has 0 aromatic carbocycles. The summed E-state index contributed by atoms with van der Waals surface area (Å²) in [7, 11) is 5.27. The van der Waals surface area contributed by atoms with Crippen molar-refractivity contribution in [3.05, 3.63) is 17.6 Å². The number of aromatic nitrogens is 2. The predicted molar refractivity (Wildman–Crippen MR) is 106 cm³/mol. The maximum Gasteiger partial charge on any atom is 0.225 e. The van der Waals surface area contributed by atoms with Crippen LogP contribution in [0.5, 0.6) is 0 Å². The van der Waals surface area contributed by atoms with E-state index in [0.29, 0.717) is 44.3 Å². The highest BCUT2D eigenvalue weighted by Gasteiger charge is 2.32. The Bertz CT molecular complexity index is 705.